The first-order chi connectivity index (χ1) is 8.91. The fourth-order valence-electron chi connectivity index (χ4n) is 1.70. The Labute approximate surface area is 114 Å². The SMILES string of the molecule is OC(c1cccc(F)c1Br)c1c(F)cc(F)cc1F. The third-order valence-electron chi connectivity index (χ3n) is 2.59. The summed E-state index contributed by atoms with van der Waals surface area (Å²) in [6.07, 6.45) is -1.74. The van der Waals surface area contributed by atoms with Gasteiger partial charge in [-0.1, -0.05) is 12.1 Å². The van der Waals surface area contributed by atoms with Gasteiger partial charge in [0.05, 0.1) is 10.0 Å². The third kappa shape index (κ3) is 2.64. The van der Waals surface area contributed by atoms with Crippen molar-refractivity contribution in [3.63, 3.8) is 0 Å². The summed E-state index contributed by atoms with van der Waals surface area (Å²) in [5.74, 6) is -4.24. The minimum absolute atomic E-state index is 0.0515. The van der Waals surface area contributed by atoms with Crippen molar-refractivity contribution in [3.05, 3.63) is 69.2 Å². The maximum absolute atomic E-state index is 13.5. The average Bonchev–Trinajstić information content (AvgIpc) is 2.31. The van der Waals surface area contributed by atoms with Gasteiger partial charge in [-0.15, -0.1) is 0 Å². The minimum Gasteiger partial charge on any atom is -0.383 e. The summed E-state index contributed by atoms with van der Waals surface area (Å²) in [6, 6.07) is 4.62. The number of benzene rings is 2. The van der Waals surface area contributed by atoms with Gasteiger partial charge in [0.25, 0.3) is 0 Å². The van der Waals surface area contributed by atoms with Gasteiger partial charge in [0.1, 0.15) is 29.4 Å². The molecule has 0 aliphatic rings. The van der Waals surface area contributed by atoms with Crippen molar-refractivity contribution in [3.8, 4) is 0 Å². The Kier molecular flexibility index (Phi) is 3.91. The molecule has 0 bridgehead atoms. The summed E-state index contributed by atoms with van der Waals surface area (Å²) in [5.41, 5.74) is -0.780. The van der Waals surface area contributed by atoms with Crippen LogP contribution in [0, 0.1) is 23.3 Å². The maximum atomic E-state index is 13.5. The second kappa shape index (κ2) is 5.30. The van der Waals surface area contributed by atoms with Crippen LogP contribution in [0.5, 0.6) is 0 Å². The van der Waals surface area contributed by atoms with E-state index in [9.17, 15) is 22.7 Å². The van der Waals surface area contributed by atoms with Crippen LogP contribution >= 0.6 is 15.9 Å². The quantitative estimate of drug-likeness (QED) is 0.820. The predicted octanol–water partition coefficient (Wildman–Crippen LogP) is 4.09. The Morgan fingerprint density at radius 3 is 2.11 bits per heavy atom. The van der Waals surface area contributed by atoms with Crippen LogP contribution in [0.25, 0.3) is 0 Å². The smallest absolute Gasteiger partial charge is 0.137 e. The first-order valence-corrected chi connectivity index (χ1v) is 5.97. The molecule has 0 aromatic heterocycles. The molecule has 0 fully saturated rings. The zero-order valence-electron chi connectivity index (χ0n) is 9.30. The van der Waals surface area contributed by atoms with Crippen molar-refractivity contribution in [2.45, 2.75) is 6.10 Å². The third-order valence-corrected chi connectivity index (χ3v) is 3.43. The van der Waals surface area contributed by atoms with Gasteiger partial charge in [0.2, 0.25) is 0 Å². The first-order valence-electron chi connectivity index (χ1n) is 5.18. The van der Waals surface area contributed by atoms with Crippen molar-refractivity contribution in [2.24, 2.45) is 0 Å². The zero-order valence-corrected chi connectivity index (χ0v) is 10.9. The van der Waals surface area contributed by atoms with Crippen molar-refractivity contribution in [1.29, 1.82) is 0 Å². The van der Waals surface area contributed by atoms with Crippen LogP contribution in [-0.2, 0) is 0 Å². The molecule has 0 amide bonds. The lowest BCUT2D eigenvalue weighted by molar-refractivity contribution is 0.207. The first kappa shape index (κ1) is 14.0. The molecule has 2 rings (SSSR count). The van der Waals surface area contributed by atoms with Crippen LogP contribution in [0.3, 0.4) is 0 Å². The Hall–Kier alpha value is -1.40. The highest BCUT2D eigenvalue weighted by Gasteiger charge is 2.23. The van der Waals surface area contributed by atoms with Crippen LogP contribution in [0.15, 0.2) is 34.8 Å². The second-order valence-electron chi connectivity index (χ2n) is 3.83. The van der Waals surface area contributed by atoms with E-state index in [0.29, 0.717) is 12.1 Å². The topological polar surface area (TPSA) is 20.2 Å². The second-order valence-corrected chi connectivity index (χ2v) is 4.62. The summed E-state index contributed by atoms with van der Waals surface area (Å²) < 4.78 is 53.1. The van der Waals surface area contributed by atoms with Crippen molar-refractivity contribution in [2.75, 3.05) is 0 Å². The molecule has 19 heavy (non-hydrogen) atoms. The lowest BCUT2D eigenvalue weighted by Crippen LogP contribution is -2.08. The largest absolute Gasteiger partial charge is 0.383 e. The summed E-state index contributed by atoms with van der Waals surface area (Å²) in [7, 11) is 0. The van der Waals surface area contributed by atoms with Crippen molar-refractivity contribution < 1.29 is 22.7 Å². The Bertz CT molecular complexity index is 607. The van der Waals surface area contributed by atoms with Gasteiger partial charge < -0.3 is 5.11 Å². The minimum atomic E-state index is -1.74. The number of hydrogen-bond donors (Lipinski definition) is 1. The van der Waals surface area contributed by atoms with E-state index in [1.807, 2.05) is 0 Å². The highest BCUT2D eigenvalue weighted by Crippen LogP contribution is 2.33. The van der Waals surface area contributed by atoms with Gasteiger partial charge >= 0.3 is 0 Å². The standard InChI is InChI=1S/C13H7BrF4O/c14-12-7(2-1-3-8(12)16)13(19)11-9(17)4-6(15)5-10(11)18/h1-5,13,19H. The molecule has 0 radical (unpaired) electrons. The van der Waals surface area contributed by atoms with Gasteiger partial charge in [0, 0.05) is 17.7 Å². The molecule has 1 unspecified atom stereocenters. The Morgan fingerprint density at radius 2 is 1.53 bits per heavy atom. The van der Waals surface area contributed by atoms with E-state index in [4.69, 9.17) is 0 Å². The summed E-state index contributed by atoms with van der Waals surface area (Å²) in [5, 5.41) is 9.95. The molecule has 1 N–H and O–H groups in total. The molecule has 0 saturated carbocycles. The number of hydrogen-bond acceptors (Lipinski definition) is 1. The Morgan fingerprint density at radius 1 is 0.947 bits per heavy atom. The molecule has 100 valence electrons. The number of aliphatic hydroxyl groups is 1. The lowest BCUT2D eigenvalue weighted by Gasteiger charge is -2.15. The molecule has 0 aliphatic heterocycles. The van der Waals surface area contributed by atoms with E-state index >= 15 is 0 Å². The number of rotatable bonds is 2. The molecule has 2 aromatic rings. The molecule has 0 saturated heterocycles. The molecule has 6 heteroatoms. The van der Waals surface area contributed by atoms with Gasteiger partial charge in [-0.2, -0.15) is 0 Å². The predicted molar refractivity (Wildman–Crippen MR) is 64.5 cm³/mol. The van der Waals surface area contributed by atoms with Gasteiger partial charge in [-0.25, -0.2) is 17.6 Å². The molecule has 2 aromatic carbocycles. The molecule has 0 heterocycles. The molecule has 0 aliphatic carbocycles. The zero-order chi connectivity index (χ0) is 14.2. The van der Waals surface area contributed by atoms with Crippen molar-refractivity contribution >= 4 is 15.9 Å². The van der Waals surface area contributed by atoms with Crippen LogP contribution in [0.4, 0.5) is 17.6 Å². The maximum Gasteiger partial charge on any atom is 0.137 e. The van der Waals surface area contributed by atoms with Crippen molar-refractivity contribution in [1.82, 2.24) is 0 Å². The normalized spacial score (nSPS) is 12.5. The van der Waals surface area contributed by atoms with E-state index in [1.165, 1.54) is 12.1 Å². The van der Waals surface area contributed by atoms with E-state index in [0.717, 1.165) is 6.07 Å². The molecular formula is C13H7BrF4O. The van der Waals surface area contributed by atoms with Crippen LogP contribution in [0.1, 0.15) is 17.2 Å². The lowest BCUT2D eigenvalue weighted by atomic mass is 10.0. The fourth-order valence-corrected chi connectivity index (χ4v) is 2.18. The van der Waals surface area contributed by atoms with Crippen LogP contribution in [-0.4, -0.2) is 5.11 Å². The van der Waals surface area contributed by atoms with E-state index < -0.39 is 34.9 Å². The Balaban J connectivity index is 2.56. The molecule has 1 nitrogen and oxygen atoms in total. The summed E-state index contributed by atoms with van der Waals surface area (Å²) in [6.45, 7) is 0. The number of aliphatic hydroxyl groups excluding tert-OH is 1. The van der Waals surface area contributed by atoms with Crippen LogP contribution < -0.4 is 0 Å². The van der Waals surface area contributed by atoms with E-state index in [-0.39, 0.29) is 10.0 Å². The highest BCUT2D eigenvalue weighted by atomic mass is 79.9. The van der Waals surface area contributed by atoms with Gasteiger partial charge in [-0.3, -0.25) is 0 Å². The average molecular weight is 335 g/mol. The van der Waals surface area contributed by atoms with Gasteiger partial charge in [0.15, 0.2) is 0 Å². The molecular weight excluding hydrogens is 328 g/mol. The number of halogens is 5. The molecule has 0 spiro atoms. The fraction of sp³-hybridized carbons (Fsp3) is 0.0769. The van der Waals surface area contributed by atoms with Gasteiger partial charge in [-0.05, 0) is 22.0 Å². The molecule has 1 atom stereocenters. The highest BCUT2D eigenvalue weighted by molar-refractivity contribution is 9.10. The summed E-state index contributed by atoms with van der Waals surface area (Å²) >= 11 is 2.89. The van der Waals surface area contributed by atoms with E-state index in [2.05, 4.69) is 15.9 Å². The summed E-state index contributed by atoms with van der Waals surface area (Å²) in [4.78, 5) is 0. The monoisotopic (exact) mass is 334 g/mol. The van der Waals surface area contributed by atoms with Crippen LogP contribution in [0.2, 0.25) is 0 Å². The van der Waals surface area contributed by atoms with E-state index in [1.54, 1.807) is 0 Å².